The number of para-hydroxylation sites is 1. The highest BCUT2D eigenvalue weighted by Gasteiger charge is 2.08. The third-order valence-electron chi connectivity index (χ3n) is 5.70. The van der Waals surface area contributed by atoms with Gasteiger partial charge >= 0.3 is 0 Å². The van der Waals surface area contributed by atoms with Crippen molar-refractivity contribution in [2.45, 2.75) is 13.3 Å². The Balaban J connectivity index is 1.56. The maximum atomic E-state index is 12.9. The number of hydrogen-bond donors (Lipinski definition) is 2. The number of hydrogen-bond acceptors (Lipinski definition) is 5. The van der Waals surface area contributed by atoms with Crippen LogP contribution in [0.1, 0.15) is 18.9 Å². The molecule has 0 aliphatic heterocycles. The van der Waals surface area contributed by atoms with E-state index >= 15 is 0 Å². The van der Waals surface area contributed by atoms with Crippen molar-refractivity contribution in [1.29, 1.82) is 5.41 Å². The molecule has 2 heterocycles. The lowest BCUT2D eigenvalue weighted by Crippen LogP contribution is -2.26. The lowest BCUT2D eigenvalue weighted by molar-refractivity contribution is 0.348. The first-order valence-electron chi connectivity index (χ1n) is 11.2. The molecule has 6 nitrogen and oxygen atoms in total. The van der Waals surface area contributed by atoms with Crippen molar-refractivity contribution in [3.63, 3.8) is 0 Å². The molecular weight excluding hydrogens is 410 g/mol. The molecule has 0 unspecified atom stereocenters. The molecule has 2 aromatic heterocycles. The zero-order chi connectivity index (χ0) is 23.2. The third kappa shape index (κ3) is 5.18. The standard InChI is InChI=1S/C27H29N5O/c1-3-14-31(2)16-13-29-24-11-9-23(17-22(24)19-28)32-15-12-21(18-27(32)33)26-10-8-20-6-4-5-7-25(20)30-26/h4-12,15,17-19,28-29H,3,13-14,16H2,1-2H3. The number of rotatable bonds is 9. The van der Waals surface area contributed by atoms with Gasteiger partial charge in [0.2, 0.25) is 0 Å². The average Bonchev–Trinajstić information content (AvgIpc) is 2.84. The lowest BCUT2D eigenvalue weighted by Gasteiger charge is -2.17. The van der Waals surface area contributed by atoms with E-state index in [1.54, 1.807) is 16.8 Å². The van der Waals surface area contributed by atoms with E-state index in [-0.39, 0.29) is 5.56 Å². The Bertz CT molecular complexity index is 1330. The predicted molar refractivity (Wildman–Crippen MR) is 137 cm³/mol. The van der Waals surface area contributed by atoms with Crippen LogP contribution in [-0.4, -0.2) is 47.3 Å². The van der Waals surface area contributed by atoms with E-state index in [2.05, 4.69) is 24.2 Å². The molecule has 2 aromatic carbocycles. The van der Waals surface area contributed by atoms with Gasteiger partial charge < -0.3 is 15.6 Å². The number of aromatic nitrogens is 2. The minimum Gasteiger partial charge on any atom is -0.383 e. The maximum absolute atomic E-state index is 12.9. The van der Waals surface area contributed by atoms with Crippen LogP contribution in [0.2, 0.25) is 0 Å². The van der Waals surface area contributed by atoms with Crippen LogP contribution in [0.15, 0.2) is 77.7 Å². The monoisotopic (exact) mass is 439 g/mol. The zero-order valence-corrected chi connectivity index (χ0v) is 19.1. The Morgan fingerprint density at radius 3 is 2.70 bits per heavy atom. The van der Waals surface area contributed by atoms with E-state index < -0.39 is 0 Å². The first kappa shape index (κ1) is 22.4. The minimum absolute atomic E-state index is 0.139. The van der Waals surface area contributed by atoms with Gasteiger partial charge in [-0.25, -0.2) is 4.98 Å². The molecule has 0 bridgehead atoms. The van der Waals surface area contributed by atoms with E-state index in [0.717, 1.165) is 65.2 Å². The van der Waals surface area contributed by atoms with Crippen LogP contribution in [0.25, 0.3) is 27.8 Å². The molecule has 4 aromatic rings. The fourth-order valence-corrected chi connectivity index (χ4v) is 3.93. The molecular formula is C27H29N5O. The fraction of sp³-hybridized carbons (Fsp3) is 0.222. The molecule has 0 amide bonds. The molecule has 0 atom stereocenters. The van der Waals surface area contributed by atoms with Gasteiger partial charge in [-0.1, -0.05) is 31.2 Å². The normalized spacial score (nSPS) is 11.1. The van der Waals surface area contributed by atoms with Gasteiger partial charge in [0, 0.05) is 59.5 Å². The van der Waals surface area contributed by atoms with E-state index in [4.69, 9.17) is 10.4 Å². The third-order valence-corrected chi connectivity index (χ3v) is 5.70. The van der Waals surface area contributed by atoms with Gasteiger partial charge in [0.25, 0.3) is 5.56 Å². The second-order valence-electron chi connectivity index (χ2n) is 8.16. The van der Waals surface area contributed by atoms with Gasteiger partial charge in [-0.2, -0.15) is 0 Å². The molecule has 0 fully saturated rings. The average molecular weight is 440 g/mol. The number of pyridine rings is 2. The van der Waals surface area contributed by atoms with Crippen LogP contribution < -0.4 is 10.9 Å². The highest BCUT2D eigenvalue weighted by atomic mass is 16.1. The summed E-state index contributed by atoms with van der Waals surface area (Å²) in [6.45, 7) is 4.95. The van der Waals surface area contributed by atoms with Gasteiger partial charge in [-0.15, -0.1) is 0 Å². The summed E-state index contributed by atoms with van der Waals surface area (Å²) in [5.74, 6) is 0. The number of nitrogens with one attached hydrogen (secondary N) is 2. The Kier molecular flexibility index (Phi) is 6.95. The number of likely N-dealkylation sites (N-methyl/N-ethyl adjacent to an activating group) is 1. The molecule has 2 N–H and O–H groups in total. The summed E-state index contributed by atoms with van der Waals surface area (Å²) in [5.41, 5.74) is 4.68. The number of nitrogens with zero attached hydrogens (tertiary/aromatic N) is 3. The summed E-state index contributed by atoms with van der Waals surface area (Å²) in [5, 5.41) is 12.3. The van der Waals surface area contributed by atoms with Crippen molar-refractivity contribution in [3.05, 3.63) is 88.8 Å². The first-order chi connectivity index (χ1) is 16.1. The van der Waals surface area contributed by atoms with Crippen molar-refractivity contribution in [1.82, 2.24) is 14.5 Å². The Morgan fingerprint density at radius 1 is 1.06 bits per heavy atom. The molecule has 168 valence electrons. The smallest absolute Gasteiger partial charge is 0.255 e. The number of anilines is 1. The highest BCUT2D eigenvalue weighted by Crippen LogP contribution is 2.21. The molecule has 4 rings (SSSR count). The predicted octanol–water partition coefficient (Wildman–Crippen LogP) is 4.80. The number of benzene rings is 2. The van der Waals surface area contributed by atoms with Crippen molar-refractivity contribution in [2.24, 2.45) is 0 Å². The molecule has 6 heteroatoms. The summed E-state index contributed by atoms with van der Waals surface area (Å²) in [7, 11) is 2.11. The highest BCUT2D eigenvalue weighted by molar-refractivity contribution is 5.87. The van der Waals surface area contributed by atoms with Gasteiger partial charge in [0.05, 0.1) is 11.2 Å². The fourth-order valence-electron chi connectivity index (χ4n) is 3.93. The van der Waals surface area contributed by atoms with E-state index in [9.17, 15) is 4.79 Å². The van der Waals surface area contributed by atoms with Crippen LogP contribution >= 0.6 is 0 Å². The topological polar surface area (TPSA) is 74.0 Å². The van der Waals surface area contributed by atoms with Crippen LogP contribution in [0.5, 0.6) is 0 Å². The second-order valence-corrected chi connectivity index (χ2v) is 8.16. The maximum Gasteiger partial charge on any atom is 0.255 e. The second kappa shape index (κ2) is 10.2. The van der Waals surface area contributed by atoms with Crippen molar-refractivity contribution in [2.75, 3.05) is 32.0 Å². The molecule has 0 aliphatic carbocycles. The van der Waals surface area contributed by atoms with Crippen molar-refractivity contribution >= 4 is 22.8 Å². The number of fused-ring (bicyclic) bond motifs is 1. The minimum atomic E-state index is -0.139. The van der Waals surface area contributed by atoms with Gasteiger partial charge in [0.15, 0.2) is 0 Å². The Morgan fingerprint density at radius 2 is 1.91 bits per heavy atom. The molecule has 0 spiro atoms. The largest absolute Gasteiger partial charge is 0.383 e. The van der Waals surface area contributed by atoms with Gasteiger partial charge in [0.1, 0.15) is 0 Å². The van der Waals surface area contributed by atoms with E-state index in [0.29, 0.717) is 0 Å². The molecule has 0 saturated heterocycles. The quantitative estimate of drug-likeness (QED) is 0.367. The van der Waals surface area contributed by atoms with E-state index in [1.807, 2.05) is 60.7 Å². The summed E-state index contributed by atoms with van der Waals surface area (Å²) in [4.78, 5) is 19.9. The van der Waals surface area contributed by atoms with Gasteiger partial charge in [-0.05, 0) is 56.4 Å². The SMILES string of the molecule is CCCN(C)CCNc1ccc(-n2ccc(-c3ccc4ccccc4n3)cc2=O)cc1C=N. The Hall–Kier alpha value is -3.77. The van der Waals surface area contributed by atoms with Crippen LogP contribution in [0.4, 0.5) is 5.69 Å². The van der Waals surface area contributed by atoms with Crippen molar-refractivity contribution in [3.8, 4) is 16.9 Å². The first-order valence-corrected chi connectivity index (χ1v) is 11.2. The molecule has 0 saturated carbocycles. The van der Waals surface area contributed by atoms with Crippen molar-refractivity contribution < 1.29 is 0 Å². The van der Waals surface area contributed by atoms with E-state index in [1.165, 1.54) is 6.21 Å². The molecule has 0 radical (unpaired) electrons. The lowest BCUT2D eigenvalue weighted by atomic mass is 10.1. The van der Waals surface area contributed by atoms with Gasteiger partial charge in [-0.3, -0.25) is 9.36 Å². The summed E-state index contributed by atoms with van der Waals surface area (Å²) >= 11 is 0. The van der Waals surface area contributed by atoms with Crippen LogP contribution in [0, 0.1) is 5.41 Å². The summed E-state index contributed by atoms with van der Waals surface area (Å²) < 4.78 is 1.59. The Labute approximate surface area is 194 Å². The van der Waals surface area contributed by atoms with Crippen LogP contribution in [-0.2, 0) is 0 Å². The summed E-state index contributed by atoms with van der Waals surface area (Å²) in [6.07, 6.45) is 4.21. The molecule has 0 aliphatic rings. The molecule has 33 heavy (non-hydrogen) atoms. The summed E-state index contributed by atoms with van der Waals surface area (Å²) in [6, 6.07) is 21.1. The van der Waals surface area contributed by atoms with Crippen LogP contribution in [0.3, 0.4) is 0 Å². The zero-order valence-electron chi connectivity index (χ0n) is 19.1.